The molecular weight excluding hydrogens is 330 g/mol. The maximum atomic E-state index is 12.4. The van der Waals surface area contributed by atoms with Crippen LogP contribution in [0, 0.1) is 0 Å². The van der Waals surface area contributed by atoms with E-state index < -0.39 is 0 Å². The van der Waals surface area contributed by atoms with E-state index in [-0.39, 0.29) is 17.7 Å². The lowest BCUT2D eigenvalue weighted by atomic mass is 10.1. The van der Waals surface area contributed by atoms with Gasteiger partial charge in [-0.25, -0.2) is 0 Å². The molecule has 3 N–H and O–H groups in total. The van der Waals surface area contributed by atoms with Gasteiger partial charge in [-0.1, -0.05) is 19.4 Å². The molecule has 26 heavy (non-hydrogen) atoms. The SMILES string of the molecule is CCCCNC(=O)c1cccc(C(=O)Nc2ccc(NC(C)=O)cc2)c1. The van der Waals surface area contributed by atoms with E-state index in [1.807, 2.05) is 0 Å². The number of nitrogens with one attached hydrogen (secondary N) is 3. The Morgan fingerprint density at radius 3 is 2.00 bits per heavy atom. The first-order valence-corrected chi connectivity index (χ1v) is 8.57. The second-order valence-electron chi connectivity index (χ2n) is 5.90. The quantitative estimate of drug-likeness (QED) is 0.667. The number of anilines is 2. The van der Waals surface area contributed by atoms with Crippen molar-refractivity contribution in [3.8, 4) is 0 Å². The van der Waals surface area contributed by atoms with Crippen LogP contribution in [0.25, 0.3) is 0 Å². The summed E-state index contributed by atoms with van der Waals surface area (Å²) in [5, 5.41) is 8.27. The molecule has 0 aliphatic carbocycles. The van der Waals surface area contributed by atoms with Gasteiger partial charge < -0.3 is 16.0 Å². The molecule has 6 nitrogen and oxygen atoms in total. The minimum atomic E-state index is -0.305. The zero-order valence-electron chi connectivity index (χ0n) is 15.0. The first kappa shape index (κ1) is 19.2. The third-order valence-electron chi connectivity index (χ3n) is 3.67. The topological polar surface area (TPSA) is 87.3 Å². The summed E-state index contributed by atoms with van der Waals surface area (Å²) < 4.78 is 0. The van der Waals surface area contributed by atoms with Crippen LogP contribution in [0.1, 0.15) is 47.4 Å². The molecule has 0 aromatic heterocycles. The fourth-order valence-electron chi connectivity index (χ4n) is 2.33. The Balaban J connectivity index is 2.02. The van der Waals surface area contributed by atoms with Gasteiger partial charge in [-0.05, 0) is 48.9 Å². The lowest BCUT2D eigenvalue weighted by molar-refractivity contribution is -0.114. The zero-order chi connectivity index (χ0) is 18.9. The van der Waals surface area contributed by atoms with Crippen molar-refractivity contribution in [3.63, 3.8) is 0 Å². The van der Waals surface area contributed by atoms with E-state index >= 15 is 0 Å². The van der Waals surface area contributed by atoms with E-state index in [0.29, 0.717) is 29.0 Å². The maximum Gasteiger partial charge on any atom is 0.255 e. The van der Waals surface area contributed by atoms with Crippen molar-refractivity contribution in [1.29, 1.82) is 0 Å². The number of hydrogen-bond acceptors (Lipinski definition) is 3. The summed E-state index contributed by atoms with van der Waals surface area (Å²) >= 11 is 0. The molecule has 6 heteroatoms. The van der Waals surface area contributed by atoms with Crippen molar-refractivity contribution in [2.24, 2.45) is 0 Å². The molecule has 0 aliphatic heterocycles. The van der Waals surface area contributed by atoms with Gasteiger partial charge in [0.2, 0.25) is 5.91 Å². The Morgan fingerprint density at radius 1 is 0.846 bits per heavy atom. The number of carbonyl (C=O) groups excluding carboxylic acids is 3. The van der Waals surface area contributed by atoms with Gasteiger partial charge in [0.05, 0.1) is 0 Å². The van der Waals surface area contributed by atoms with Crippen LogP contribution in [0.4, 0.5) is 11.4 Å². The normalized spacial score (nSPS) is 10.1. The highest BCUT2D eigenvalue weighted by molar-refractivity contribution is 6.06. The standard InChI is InChI=1S/C20H23N3O3/c1-3-4-12-21-19(25)15-6-5-7-16(13-15)20(26)23-18-10-8-17(9-11-18)22-14(2)24/h5-11,13H,3-4,12H2,1-2H3,(H,21,25)(H,22,24)(H,23,26). The molecule has 0 radical (unpaired) electrons. The minimum Gasteiger partial charge on any atom is -0.352 e. The van der Waals surface area contributed by atoms with Gasteiger partial charge in [-0.2, -0.15) is 0 Å². The summed E-state index contributed by atoms with van der Waals surface area (Å²) in [6, 6.07) is 13.4. The molecule has 0 saturated heterocycles. The van der Waals surface area contributed by atoms with Gasteiger partial charge >= 0.3 is 0 Å². The first-order valence-electron chi connectivity index (χ1n) is 8.57. The largest absolute Gasteiger partial charge is 0.352 e. The monoisotopic (exact) mass is 353 g/mol. The third-order valence-corrected chi connectivity index (χ3v) is 3.67. The molecule has 136 valence electrons. The smallest absolute Gasteiger partial charge is 0.255 e. The number of rotatable bonds is 7. The number of benzene rings is 2. The lowest BCUT2D eigenvalue weighted by Crippen LogP contribution is -2.24. The van der Waals surface area contributed by atoms with Crippen LogP contribution in [-0.4, -0.2) is 24.3 Å². The average Bonchev–Trinajstić information content (AvgIpc) is 2.63. The highest BCUT2D eigenvalue weighted by Crippen LogP contribution is 2.15. The molecule has 0 fully saturated rings. The molecule has 0 atom stereocenters. The molecule has 0 bridgehead atoms. The van der Waals surface area contributed by atoms with E-state index in [9.17, 15) is 14.4 Å². The van der Waals surface area contributed by atoms with Gasteiger partial charge in [0.1, 0.15) is 0 Å². The molecule has 3 amide bonds. The van der Waals surface area contributed by atoms with Crippen LogP contribution in [0.3, 0.4) is 0 Å². The summed E-state index contributed by atoms with van der Waals surface area (Å²) in [6.07, 6.45) is 1.92. The minimum absolute atomic E-state index is 0.157. The summed E-state index contributed by atoms with van der Waals surface area (Å²) in [5.74, 6) is -0.649. The Morgan fingerprint density at radius 2 is 1.42 bits per heavy atom. The fourth-order valence-corrected chi connectivity index (χ4v) is 2.33. The number of carbonyl (C=O) groups is 3. The predicted molar refractivity (Wildman–Crippen MR) is 102 cm³/mol. The van der Waals surface area contributed by atoms with E-state index in [4.69, 9.17) is 0 Å². The Labute approximate surface area is 153 Å². The van der Waals surface area contributed by atoms with Gasteiger partial charge in [-0.15, -0.1) is 0 Å². The van der Waals surface area contributed by atoms with Crippen molar-refractivity contribution in [2.75, 3.05) is 17.2 Å². The highest BCUT2D eigenvalue weighted by Gasteiger charge is 2.10. The summed E-state index contributed by atoms with van der Waals surface area (Å²) in [7, 11) is 0. The van der Waals surface area contributed by atoms with E-state index in [1.165, 1.54) is 6.92 Å². The van der Waals surface area contributed by atoms with Crippen LogP contribution in [0.2, 0.25) is 0 Å². The van der Waals surface area contributed by atoms with Crippen LogP contribution < -0.4 is 16.0 Å². The second kappa shape index (κ2) is 9.36. The number of unbranched alkanes of at least 4 members (excludes halogenated alkanes) is 1. The third kappa shape index (κ3) is 5.73. The van der Waals surface area contributed by atoms with Crippen molar-refractivity contribution in [3.05, 3.63) is 59.7 Å². The van der Waals surface area contributed by atoms with Gasteiger partial charge in [0.25, 0.3) is 11.8 Å². The van der Waals surface area contributed by atoms with Crippen LogP contribution in [0.15, 0.2) is 48.5 Å². The number of hydrogen-bond donors (Lipinski definition) is 3. The molecular formula is C20H23N3O3. The molecule has 2 aromatic carbocycles. The molecule has 0 heterocycles. The van der Waals surface area contributed by atoms with Gasteiger partial charge in [-0.3, -0.25) is 14.4 Å². The van der Waals surface area contributed by atoms with Gasteiger partial charge in [0.15, 0.2) is 0 Å². The molecule has 0 saturated carbocycles. The summed E-state index contributed by atoms with van der Waals surface area (Å²) in [6.45, 7) is 4.10. The fraction of sp³-hybridized carbons (Fsp3) is 0.250. The van der Waals surface area contributed by atoms with E-state index in [1.54, 1.807) is 48.5 Å². The van der Waals surface area contributed by atoms with Crippen LogP contribution in [0.5, 0.6) is 0 Å². The number of amides is 3. The lowest BCUT2D eigenvalue weighted by Gasteiger charge is -2.09. The van der Waals surface area contributed by atoms with Crippen LogP contribution >= 0.6 is 0 Å². The molecule has 2 rings (SSSR count). The van der Waals surface area contributed by atoms with Gasteiger partial charge in [0, 0.05) is 36.0 Å². The van der Waals surface area contributed by atoms with E-state index in [0.717, 1.165) is 12.8 Å². The Hall–Kier alpha value is -3.15. The maximum absolute atomic E-state index is 12.4. The molecule has 0 unspecified atom stereocenters. The summed E-state index contributed by atoms with van der Waals surface area (Å²) in [5.41, 5.74) is 2.11. The Kier molecular flexibility index (Phi) is 6.91. The molecule has 0 spiro atoms. The molecule has 0 aliphatic rings. The van der Waals surface area contributed by atoms with Crippen LogP contribution in [-0.2, 0) is 4.79 Å². The summed E-state index contributed by atoms with van der Waals surface area (Å²) in [4.78, 5) is 35.5. The average molecular weight is 353 g/mol. The van der Waals surface area contributed by atoms with Crippen molar-refractivity contribution < 1.29 is 14.4 Å². The van der Waals surface area contributed by atoms with E-state index in [2.05, 4.69) is 22.9 Å². The van der Waals surface area contributed by atoms with Crippen molar-refractivity contribution in [2.45, 2.75) is 26.7 Å². The van der Waals surface area contributed by atoms with Crippen molar-refractivity contribution in [1.82, 2.24) is 5.32 Å². The highest BCUT2D eigenvalue weighted by atomic mass is 16.2. The molecule has 2 aromatic rings. The Bertz CT molecular complexity index is 785. The zero-order valence-corrected chi connectivity index (χ0v) is 15.0. The van der Waals surface area contributed by atoms with Crippen molar-refractivity contribution >= 4 is 29.1 Å². The predicted octanol–water partition coefficient (Wildman–Crippen LogP) is 3.43. The first-order chi connectivity index (χ1) is 12.5. The second-order valence-corrected chi connectivity index (χ2v) is 5.90.